The van der Waals surface area contributed by atoms with Gasteiger partial charge in [-0.3, -0.25) is 0 Å². The van der Waals surface area contributed by atoms with Crippen molar-refractivity contribution in [2.45, 2.75) is 78.0 Å². The van der Waals surface area contributed by atoms with E-state index in [0.717, 1.165) is 0 Å². The molecule has 19 heteroatoms. The van der Waals surface area contributed by atoms with Crippen LogP contribution < -0.4 is 23.4 Å². The number of hydrogen-bond acceptors (Lipinski definition) is 12. The van der Waals surface area contributed by atoms with Gasteiger partial charge in [0.25, 0.3) is 0 Å². The molecule has 0 radical (unpaired) electrons. The Bertz CT molecular complexity index is 3080. The van der Waals surface area contributed by atoms with E-state index in [-0.39, 0.29) is 69.0 Å². The lowest BCUT2D eigenvalue weighted by molar-refractivity contribution is -0.145. The van der Waals surface area contributed by atoms with Crippen molar-refractivity contribution in [2.75, 3.05) is 26.9 Å². The topological polar surface area (TPSA) is 169 Å². The van der Waals surface area contributed by atoms with E-state index in [4.69, 9.17) is 67.9 Å². The Labute approximate surface area is 433 Å². The molecule has 0 saturated heterocycles. The third kappa shape index (κ3) is 11.5. The number of carboxylic acid groups (broad SMARTS) is 1. The molecular weight excluding hydrogens is 1000 g/mol. The summed E-state index contributed by atoms with van der Waals surface area (Å²) in [4.78, 5) is 31.8. The van der Waals surface area contributed by atoms with Gasteiger partial charge in [-0.05, 0) is 104 Å². The van der Waals surface area contributed by atoms with E-state index in [1.54, 1.807) is 74.2 Å². The fraction of sp³-hybridized carbons (Fsp3) is 0.302. The van der Waals surface area contributed by atoms with Gasteiger partial charge in [-0.15, -0.1) is 6.58 Å². The largest absolute Gasteiger partial charge is 0.543 e. The number of aliphatic carboxylic acids is 1. The van der Waals surface area contributed by atoms with Gasteiger partial charge in [0.2, 0.25) is 20.3 Å². The zero-order chi connectivity index (χ0) is 52.1. The molecule has 7 aromatic rings. The molecule has 7 rings (SSSR count). The molecule has 0 aliphatic rings. The number of para-hydroxylation sites is 1. The summed E-state index contributed by atoms with van der Waals surface area (Å²) in [6.45, 7) is 17.6. The number of aliphatic hydroxyl groups excluding tert-OH is 1. The molecule has 0 amide bonds. The van der Waals surface area contributed by atoms with Crippen LogP contribution in [-0.4, -0.2) is 88.1 Å². The number of benzene rings is 4. The zero-order valence-electron chi connectivity index (χ0n) is 41.1. The summed E-state index contributed by atoms with van der Waals surface area (Å²) >= 11 is 21.5. The maximum atomic E-state index is 14.5. The number of hydrogen-bond donors (Lipinski definition) is 2. The predicted molar refractivity (Wildman–Crippen MR) is 280 cm³/mol. The lowest BCUT2D eigenvalue weighted by Gasteiger charge is -2.36. The van der Waals surface area contributed by atoms with Crippen LogP contribution in [0.15, 0.2) is 98.0 Å². The Hall–Kier alpha value is -6.27. The molecule has 3 aromatic heterocycles. The van der Waals surface area contributed by atoms with Crippen molar-refractivity contribution in [3.05, 3.63) is 141 Å². The highest BCUT2D eigenvalue weighted by Gasteiger charge is 2.39. The first kappa shape index (κ1) is 53.5. The second-order valence-electron chi connectivity index (χ2n) is 18.3. The quantitative estimate of drug-likeness (QED) is 0.0396. The molecule has 0 fully saturated rings. The number of aliphatic hydroxyl groups is 1. The van der Waals surface area contributed by atoms with Crippen LogP contribution in [0.2, 0.25) is 33.2 Å². The van der Waals surface area contributed by atoms with E-state index in [9.17, 15) is 19.4 Å². The number of nitrogens with zero attached hydrogens (tertiary/aromatic N) is 5. The standard InChI is InChI=1S/C53H55Cl3FN5O9Si/c1-10-23-67-28-37(26-63)69-49-42(54)30(2)46(31(3)43(49)55)62-47(32-15-17-34(57)18-16-32)44(56)45-48(62)51(60-29-59-45)70-41(52(64)65)25-33-24-36(71-72(8,9)53(4,5)6)19-20-39(33)68-27-35-21-22-58-50(61-35)38-13-11-12-14-40(38)66-7/h10-22,24,29,37,41,63H,1,23,25-28H2,2-9H3,(H,64,65). The van der Waals surface area contributed by atoms with Gasteiger partial charge in [0.15, 0.2) is 11.6 Å². The maximum Gasteiger partial charge on any atom is 0.345 e. The van der Waals surface area contributed by atoms with Crippen molar-refractivity contribution >= 4 is 60.1 Å². The molecule has 3 heterocycles. The molecule has 0 spiro atoms. The Morgan fingerprint density at radius 1 is 0.931 bits per heavy atom. The third-order valence-electron chi connectivity index (χ3n) is 12.4. The smallest absolute Gasteiger partial charge is 0.345 e. The van der Waals surface area contributed by atoms with Crippen LogP contribution in [0.3, 0.4) is 0 Å². The number of carbonyl (C=O) groups is 1. The Morgan fingerprint density at radius 2 is 1.64 bits per heavy atom. The fourth-order valence-corrected chi connectivity index (χ4v) is 9.49. The molecule has 378 valence electrons. The highest BCUT2D eigenvalue weighted by molar-refractivity contribution is 6.74. The molecule has 0 saturated carbocycles. The Morgan fingerprint density at radius 3 is 2.29 bits per heavy atom. The van der Waals surface area contributed by atoms with Gasteiger partial charge in [0.1, 0.15) is 53.1 Å². The lowest BCUT2D eigenvalue weighted by atomic mass is 10.1. The summed E-state index contributed by atoms with van der Waals surface area (Å²) in [5.41, 5.74) is 4.13. The first-order valence-corrected chi connectivity index (χ1v) is 26.9. The van der Waals surface area contributed by atoms with Crippen molar-refractivity contribution in [1.82, 2.24) is 24.5 Å². The minimum atomic E-state index is -2.38. The van der Waals surface area contributed by atoms with Crippen molar-refractivity contribution in [3.8, 4) is 57.2 Å². The van der Waals surface area contributed by atoms with Crippen molar-refractivity contribution in [1.29, 1.82) is 0 Å². The van der Waals surface area contributed by atoms with Crippen molar-refractivity contribution < 1.29 is 47.5 Å². The van der Waals surface area contributed by atoms with Crippen molar-refractivity contribution in [3.63, 3.8) is 0 Å². The van der Waals surface area contributed by atoms with Crippen LogP contribution in [0.5, 0.6) is 28.9 Å². The van der Waals surface area contributed by atoms with Crippen LogP contribution in [-0.2, 0) is 22.6 Å². The molecule has 2 atom stereocenters. The van der Waals surface area contributed by atoms with Gasteiger partial charge in [0.05, 0.1) is 64.6 Å². The molecule has 0 aliphatic carbocycles. The number of aromatic nitrogens is 5. The second-order valence-corrected chi connectivity index (χ2v) is 24.2. The normalized spacial score (nSPS) is 12.6. The van der Waals surface area contributed by atoms with E-state index < -0.39 is 38.9 Å². The fourth-order valence-electron chi connectivity index (χ4n) is 7.63. The highest BCUT2D eigenvalue weighted by atomic mass is 35.5. The van der Waals surface area contributed by atoms with Gasteiger partial charge >= 0.3 is 5.97 Å². The first-order chi connectivity index (χ1) is 34.3. The summed E-state index contributed by atoms with van der Waals surface area (Å²) in [5.74, 6) is 0.0651. The number of ether oxygens (including phenoxy) is 5. The van der Waals surface area contributed by atoms with Gasteiger partial charge in [-0.25, -0.2) is 24.1 Å². The van der Waals surface area contributed by atoms with Gasteiger partial charge < -0.3 is 42.9 Å². The Balaban J connectivity index is 1.33. The maximum absolute atomic E-state index is 14.5. The molecule has 0 aliphatic heterocycles. The van der Waals surface area contributed by atoms with Gasteiger partial charge in [-0.1, -0.05) is 73.8 Å². The number of methoxy groups -OCH3 is 1. The average molecular weight is 1060 g/mol. The van der Waals surface area contributed by atoms with Crippen LogP contribution in [0.4, 0.5) is 4.39 Å². The van der Waals surface area contributed by atoms with Crippen LogP contribution in [0.25, 0.3) is 39.4 Å². The molecular formula is C53H55Cl3FN5O9Si. The summed E-state index contributed by atoms with van der Waals surface area (Å²) < 4.78 is 53.1. The first-order valence-electron chi connectivity index (χ1n) is 22.8. The molecule has 2 N–H and O–H groups in total. The lowest BCUT2D eigenvalue weighted by Crippen LogP contribution is -2.43. The number of carboxylic acids is 1. The third-order valence-corrected chi connectivity index (χ3v) is 18.0. The van der Waals surface area contributed by atoms with E-state index in [2.05, 4.69) is 55.4 Å². The molecule has 72 heavy (non-hydrogen) atoms. The summed E-state index contributed by atoms with van der Waals surface area (Å²) in [6, 6.07) is 20.1. The molecule has 2 unspecified atom stereocenters. The van der Waals surface area contributed by atoms with Crippen LogP contribution in [0, 0.1) is 19.7 Å². The van der Waals surface area contributed by atoms with E-state index >= 15 is 0 Å². The second kappa shape index (κ2) is 22.7. The van der Waals surface area contributed by atoms with Crippen LogP contribution in [0.1, 0.15) is 43.2 Å². The van der Waals surface area contributed by atoms with E-state index in [1.165, 1.54) is 18.5 Å². The molecule has 14 nitrogen and oxygen atoms in total. The predicted octanol–water partition coefficient (Wildman–Crippen LogP) is 12.2. The number of fused-ring (bicyclic) bond motifs is 1. The monoisotopic (exact) mass is 1060 g/mol. The molecule has 4 aromatic carbocycles. The number of rotatable bonds is 21. The highest BCUT2D eigenvalue weighted by Crippen LogP contribution is 2.48. The summed E-state index contributed by atoms with van der Waals surface area (Å²) in [6.07, 6.45) is 1.76. The van der Waals surface area contributed by atoms with Crippen LogP contribution >= 0.6 is 34.8 Å². The Kier molecular flexibility index (Phi) is 16.8. The average Bonchev–Trinajstić information content (AvgIpc) is 3.65. The van der Waals surface area contributed by atoms with Gasteiger partial charge in [0, 0.05) is 23.7 Å². The minimum Gasteiger partial charge on any atom is -0.543 e. The van der Waals surface area contributed by atoms with Crippen molar-refractivity contribution in [2.24, 2.45) is 0 Å². The zero-order valence-corrected chi connectivity index (χ0v) is 44.3. The minimum absolute atomic E-state index is 0.000802. The van der Waals surface area contributed by atoms with E-state index in [0.29, 0.717) is 68.0 Å². The molecule has 0 bridgehead atoms. The summed E-state index contributed by atoms with van der Waals surface area (Å²) in [7, 11) is -0.807. The van der Waals surface area contributed by atoms with E-state index in [1.807, 2.05) is 24.3 Å². The SMILES string of the molecule is C=CCOCC(CO)Oc1c(Cl)c(C)c(-n2c(-c3ccc(F)cc3)c(Cl)c3ncnc(OC(Cc4cc(O[Si](C)(C)C(C)(C)C)ccc4OCc4ccnc(-c5ccccc5OC)n4)C(=O)O)c32)c(C)c1Cl. The summed E-state index contributed by atoms with van der Waals surface area (Å²) in [5, 5.41) is 21.3. The van der Waals surface area contributed by atoms with Gasteiger partial charge in [-0.2, -0.15) is 4.98 Å². The number of halogens is 4.